The molecule has 1 N–H and O–H groups in total. The first kappa shape index (κ1) is 14.6. The molecule has 0 bridgehead atoms. The lowest BCUT2D eigenvalue weighted by molar-refractivity contribution is -0.115. The van der Waals surface area contributed by atoms with Gasteiger partial charge in [-0.25, -0.2) is 0 Å². The number of halogens is 2. The fourth-order valence-corrected chi connectivity index (χ4v) is 2.84. The average Bonchev–Trinajstić information content (AvgIpc) is 2.70. The monoisotopic (exact) mass is 329 g/mol. The topological polar surface area (TPSA) is 29.1 Å². The molecule has 98 valence electrons. The summed E-state index contributed by atoms with van der Waals surface area (Å²) in [6.45, 7) is 1.86. The average molecular weight is 330 g/mol. The first-order valence-electron chi connectivity index (χ1n) is 5.34. The molecule has 19 heavy (non-hydrogen) atoms. The molecule has 0 atom stereocenters. The zero-order chi connectivity index (χ0) is 14.0. The maximum Gasteiger partial charge on any atom is 0.263 e. The third-order valence-electron chi connectivity index (χ3n) is 2.44. The van der Waals surface area contributed by atoms with Crippen LogP contribution in [0.25, 0.3) is 6.08 Å². The third-order valence-corrected chi connectivity index (χ3v) is 4.53. The van der Waals surface area contributed by atoms with Gasteiger partial charge in [-0.15, -0.1) is 0 Å². The van der Waals surface area contributed by atoms with Gasteiger partial charge in [-0.3, -0.25) is 4.79 Å². The van der Waals surface area contributed by atoms with E-state index in [9.17, 15) is 4.79 Å². The van der Waals surface area contributed by atoms with E-state index >= 15 is 0 Å². The number of carbonyl (C=O) groups is 1. The number of rotatable bonds is 2. The van der Waals surface area contributed by atoms with Crippen LogP contribution >= 0.6 is 47.2 Å². The summed E-state index contributed by atoms with van der Waals surface area (Å²) in [5.74, 6) is -0.147. The Kier molecular flexibility index (Phi) is 4.68. The van der Waals surface area contributed by atoms with Crippen LogP contribution in [-0.4, -0.2) is 10.2 Å². The molecule has 1 amide bonds. The lowest BCUT2D eigenvalue weighted by Crippen LogP contribution is -2.18. The van der Waals surface area contributed by atoms with Crippen molar-refractivity contribution in [1.29, 1.82) is 0 Å². The molecule has 1 aromatic carbocycles. The lowest BCUT2D eigenvalue weighted by Gasteiger charge is -1.99. The van der Waals surface area contributed by atoms with E-state index in [0.29, 0.717) is 19.3 Å². The van der Waals surface area contributed by atoms with Crippen LogP contribution in [-0.2, 0) is 4.79 Å². The molecular formula is C13H9Cl2NOS2. The molecule has 0 spiro atoms. The van der Waals surface area contributed by atoms with Crippen LogP contribution in [0.15, 0.2) is 34.8 Å². The van der Waals surface area contributed by atoms with Crippen LogP contribution in [0.3, 0.4) is 0 Å². The maximum absolute atomic E-state index is 11.6. The molecule has 1 fully saturated rings. The van der Waals surface area contributed by atoms with Crippen LogP contribution in [0.1, 0.15) is 12.5 Å². The van der Waals surface area contributed by atoms with Crippen LogP contribution < -0.4 is 5.32 Å². The molecule has 2 nitrogen and oxygen atoms in total. The largest absolute Gasteiger partial charge is 0.307 e. The molecule has 0 saturated carbocycles. The molecule has 0 radical (unpaired) electrons. The number of thioether (sulfide) groups is 1. The van der Waals surface area contributed by atoms with E-state index in [1.807, 2.05) is 25.1 Å². The molecule has 1 aromatic rings. The molecule has 2 rings (SSSR count). The predicted octanol–water partition coefficient (Wildman–Crippen LogP) is 4.43. The van der Waals surface area contributed by atoms with Gasteiger partial charge < -0.3 is 5.32 Å². The van der Waals surface area contributed by atoms with Gasteiger partial charge in [0.15, 0.2) is 0 Å². The molecule has 1 heterocycles. The van der Waals surface area contributed by atoms with Crippen molar-refractivity contribution in [3.05, 3.63) is 50.4 Å². The summed E-state index contributed by atoms with van der Waals surface area (Å²) in [6, 6.07) is 5.36. The minimum absolute atomic E-state index is 0.147. The van der Waals surface area contributed by atoms with Gasteiger partial charge in [-0.1, -0.05) is 65.4 Å². The Labute approximate surface area is 130 Å². The van der Waals surface area contributed by atoms with Gasteiger partial charge in [0.1, 0.15) is 4.32 Å². The molecule has 6 heteroatoms. The molecular weight excluding hydrogens is 321 g/mol. The molecule has 1 saturated heterocycles. The highest BCUT2D eigenvalue weighted by Crippen LogP contribution is 2.28. The highest BCUT2D eigenvalue weighted by Gasteiger charge is 2.23. The Morgan fingerprint density at radius 1 is 1.37 bits per heavy atom. The number of benzene rings is 1. The maximum atomic E-state index is 11.6. The summed E-state index contributed by atoms with van der Waals surface area (Å²) < 4.78 is 0.488. The Morgan fingerprint density at radius 2 is 2.11 bits per heavy atom. The summed E-state index contributed by atoms with van der Waals surface area (Å²) in [7, 11) is 0. The van der Waals surface area contributed by atoms with Crippen molar-refractivity contribution in [2.45, 2.75) is 6.92 Å². The number of amides is 1. The fourth-order valence-electron chi connectivity index (χ4n) is 1.49. The number of nitrogens with one attached hydrogen (secondary N) is 1. The third kappa shape index (κ3) is 3.60. The van der Waals surface area contributed by atoms with Gasteiger partial charge in [-0.05, 0) is 30.2 Å². The molecule has 1 aliphatic heterocycles. The van der Waals surface area contributed by atoms with E-state index in [1.165, 1.54) is 11.8 Å². The van der Waals surface area contributed by atoms with Crippen molar-refractivity contribution in [3.8, 4) is 0 Å². The standard InChI is InChI=1S/C13H9Cl2NOS2/c1-7(11-12(17)16-13(18)19-11)2-3-8-4-5-9(14)10(15)6-8/h2-6H,1H3,(H,16,17,18). The Balaban J connectivity index is 2.22. The van der Waals surface area contributed by atoms with E-state index in [0.717, 1.165) is 11.1 Å². The molecule has 0 aromatic heterocycles. The number of carbonyl (C=O) groups excluding carboxylic acids is 1. The first-order valence-corrected chi connectivity index (χ1v) is 7.32. The lowest BCUT2D eigenvalue weighted by atomic mass is 10.1. The van der Waals surface area contributed by atoms with Crippen molar-refractivity contribution in [1.82, 2.24) is 5.32 Å². The summed E-state index contributed by atoms with van der Waals surface area (Å²) in [5, 5.41) is 3.61. The van der Waals surface area contributed by atoms with Gasteiger partial charge >= 0.3 is 0 Å². The molecule has 0 unspecified atom stereocenters. The Bertz CT molecular complexity index is 623. The highest BCUT2D eigenvalue weighted by atomic mass is 35.5. The minimum Gasteiger partial charge on any atom is -0.307 e. The van der Waals surface area contributed by atoms with Crippen molar-refractivity contribution in [3.63, 3.8) is 0 Å². The van der Waals surface area contributed by atoms with Crippen LogP contribution in [0.5, 0.6) is 0 Å². The van der Waals surface area contributed by atoms with E-state index in [2.05, 4.69) is 5.32 Å². The highest BCUT2D eigenvalue weighted by molar-refractivity contribution is 8.26. The van der Waals surface area contributed by atoms with Crippen LogP contribution in [0.2, 0.25) is 10.0 Å². The van der Waals surface area contributed by atoms with Crippen molar-refractivity contribution < 1.29 is 4.79 Å². The second kappa shape index (κ2) is 6.09. The quantitative estimate of drug-likeness (QED) is 0.642. The second-order valence-electron chi connectivity index (χ2n) is 3.86. The van der Waals surface area contributed by atoms with E-state index < -0.39 is 0 Å². The smallest absolute Gasteiger partial charge is 0.263 e. The predicted molar refractivity (Wildman–Crippen MR) is 86.5 cm³/mol. The van der Waals surface area contributed by atoms with Crippen LogP contribution in [0, 0.1) is 0 Å². The van der Waals surface area contributed by atoms with Crippen LogP contribution in [0.4, 0.5) is 0 Å². The normalized spacial score (nSPS) is 18.1. The number of hydrogen-bond donors (Lipinski definition) is 1. The van der Waals surface area contributed by atoms with E-state index in [1.54, 1.807) is 12.1 Å². The van der Waals surface area contributed by atoms with Gasteiger partial charge in [0, 0.05) is 0 Å². The first-order chi connectivity index (χ1) is 8.97. The summed E-state index contributed by atoms with van der Waals surface area (Å²) in [5.41, 5.74) is 1.77. The molecule has 0 aliphatic carbocycles. The number of hydrogen-bond acceptors (Lipinski definition) is 3. The fraction of sp³-hybridized carbons (Fsp3) is 0.0769. The summed E-state index contributed by atoms with van der Waals surface area (Å²) in [4.78, 5) is 12.2. The van der Waals surface area contributed by atoms with E-state index in [4.69, 9.17) is 35.4 Å². The van der Waals surface area contributed by atoms with Crippen molar-refractivity contribution >= 4 is 63.5 Å². The minimum atomic E-state index is -0.147. The Morgan fingerprint density at radius 3 is 2.68 bits per heavy atom. The van der Waals surface area contributed by atoms with Gasteiger partial charge in [0.2, 0.25) is 0 Å². The van der Waals surface area contributed by atoms with Crippen molar-refractivity contribution in [2.75, 3.05) is 0 Å². The zero-order valence-corrected chi connectivity index (χ0v) is 13.0. The van der Waals surface area contributed by atoms with Crippen molar-refractivity contribution in [2.24, 2.45) is 0 Å². The van der Waals surface area contributed by atoms with E-state index in [-0.39, 0.29) is 5.91 Å². The van der Waals surface area contributed by atoms with Gasteiger partial charge in [-0.2, -0.15) is 0 Å². The van der Waals surface area contributed by atoms with Gasteiger partial charge in [0.25, 0.3) is 5.91 Å². The number of thiocarbonyl (C=S) groups is 1. The summed E-state index contributed by atoms with van der Waals surface area (Å²) >= 11 is 18.0. The SMILES string of the molecule is CC(C=Cc1ccc(Cl)c(Cl)c1)=C1SC(=S)NC1=O. The second-order valence-corrected chi connectivity index (χ2v) is 6.36. The summed E-state index contributed by atoms with van der Waals surface area (Å²) in [6.07, 6.45) is 3.73. The Hall–Kier alpha value is -0.810. The zero-order valence-electron chi connectivity index (χ0n) is 9.87. The number of allylic oxidation sites excluding steroid dienone is 2. The molecule has 1 aliphatic rings. The van der Waals surface area contributed by atoms with Gasteiger partial charge in [0.05, 0.1) is 15.0 Å².